The second kappa shape index (κ2) is 7.31. The van der Waals surface area contributed by atoms with Crippen molar-refractivity contribution in [2.75, 3.05) is 6.61 Å². The summed E-state index contributed by atoms with van der Waals surface area (Å²) in [6, 6.07) is 6.66. The van der Waals surface area contributed by atoms with E-state index in [4.69, 9.17) is 4.74 Å². The first-order valence-corrected chi connectivity index (χ1v) is 6.25. The van der Waals surface area contributed by atoms with Crippen molar-refractivity contribution in [2.45, 2.75) is 39.2 Å². The molecule has 0 fully saturated rings. The average molecular weight is 258 g/mol. The molecule has 4 heteroatoms. The van der Waals surface area contributed by atoms with E-state index < -0.39 is 18.4 Å². The Bertz CT molecular complexity index is 338. The largest absolute Gasteiger partial charge is 0.494 e. The summed E-state index contributed by atoms with van der Waals surface area (Å²) in [7, 11) is 0. The molecule has 1 aromatic rings. The van der Waals surface area contributed by atoms with Gasteiger partial charge in [0.25, 0.3) is 0 Å². The number of aliphatic hydroxyl groups excluding tert-OH is 1. The van der Waals surface area contributed by atoms with Crippen molar-refractivity contribution in [3.8, 4) is 5.75 Å². The molecule has 0 heterocycles. The van der Waals surface area contributed by atoms with Crippen LogP contribution in [0.15, 0.2) is 24.3 Å². The Kier molecular flexibility index (Phi) is 6.05. The van der Waals surface area contributed by atoms with Crippen molar-refractivity contribution in [1.82, 2.24) is 0 Å². The van der Waals surface area contributed by atoms with E-state index in [1.165, 1.54) is 6.92 Å². The van der Waals surface area contributed by atoms with Crippen molar-refractivity contribution in [3.63, 3.8) is 0 Å². The number of unbranched alkanes of at least 4 members (excludes halogenated alkanes) is 1. The molecule has 0 aromatic heterocycles. The molecule has 0 radical (unpaired) electrons. The number of ether oxygens (including phenoxy) is 1. The maximum absolute atomic E-state index is 12.5. The molecular weight excluding hydrogens is 238 g/mol. The zero-order valence-corrected chi connectivity index (χ0v) is 10.8. The minimum absolute atomic E-state index is 0.491. The summed E-state index contributed by atoms with van der Waals surface area (Å²) in [5, 5.41) is 9.74. The minimum Gasteiger partial charge on any atom is -0.494 e. The quantitative estimate of drug-likeness (QED) is 0.754. The molecule has 0 spiro atoms. The lowest BCUT2D eigenvalue weighted by atomic mass is 9.98. The molecule has 0 amide bonds. The van der Waals surface area contributed by atoms with Crippen LogP contribution in [0.5, 0.6) is 5.75 Å². The van der Waals surface area contributed by atoms with Crippen LogP contribution in [-0.2, 0) is 0 Å². The lowest BCUT2D eigenvalue weighted by Gasteiger charge is -2.18. The first-order chi connectivity index (χ1) is 8.56. The highest BCUT2D eigenvalue weighted by atomic mass is 19.3. The van der Waals surface area contributed by atoms with E-state index in [2.05, 4.69) is 6.92 Å². The van der Waals surface area contributed by atoms with Gasteiger partial charge in [0.1, 0.15) is 5.75 Å². The lowest BCUT2D eigenvalue weighted by molar-refractivity contribution is 0.000619. The highest BCUT2D eigenvalue weighted by molar-refractivity contribution is 5.28. The van der Waals surface area contributed by atoms with Gasteiger partial charge in [0.05, 0.1) is 12.7 Å². The number of alkyl halides is 2. The van der Waals surface area contributed by atoms with Crippen molar-refractivity contribution in [3.05, 3.63) is 29.8 Å². The van der Waals surface area contributed by atoms with Gasteiger partial charge in [-0.2, -0.15) is 0 Å². The van der Waals surface area contributed by atoms with Gasteiger partial charge in [-0.1, -0.05) is 32.4 Å². The van der Waals surface area contributed by atoms with E-state index in [1.54, 1.807) is 24.3 Å². The Hall–Kier alpha value is -1.16. The van der Waals surface area contributed by atoms with E-state index in [9.17, 15) is 13.9 Å². The Morgan fingerprint density at radius 1 is 1.22 bits per heavy atom. The second-order valence-corrected chi connectivity index (χ2v) is 4.41. The maximum atomic E-state index is 12.5. The molecule has 2 nitrogen and oxygen atoms in total. The Balaban J connectivity index is 2.59. The second-order valence-electron chi connectivity index (χ2n) is 4.41. The summed E-state index contributed by atoms with van der Waals surface area (Å²) in [5.74, 6) is -0.374. The smallest absolute Gasteiger partial charge is 0.243 e. The molecule has 0 aliphatic carbocycles. The van der Waals surface area contributed by atoms with Gasteiger partial charge in [-0.15, -0.1) is 0 Å². The summed E-state index contributed by atoms with van der Waals surface area (Å²) in [6.07, 6.45) is -1.63. The summed E-state index contributed by atoms with van der Waals surface area (Å²) in [5.41, 5.74) is 0.491. The average Bonchev–Trinajstić information content (AvgIpc) is 2.38. The van der Waals surface area contributed by atoms with Gasteiger partial charge in [-0.25, -0.2) is 8.78 Å². The fraction of sp³-hybridized carbons (Fsp3) is 0.571. The zero-order chi connectivity index (χ0) is 13.5. The Morgan fingerprint density at radius 3 is 2.33 bits per heavy atom. The van der Waals surface area contributed by atoms with E-state index in [0.29, 0.717) is 17.9 Å². The normalized spacial score (nSPS) is 14.6. The third-order valence-corrected chi connectivity index (χ3v) is 2.88. The van der Waals surface area contributed by atoms with E-state index in [1.807, 2.05) is 0 Å². The molecule has 0 aliphatic rings. The predicted octanol–water partition coefficient (Wildman–Crippen LogP) is 3.80. The first-order valence-electron chi connectivity index (χ1n) is 6.25. The monoisotopic (exact) mass is 258 g/mol. The van der Waals surface area contributed by atoms with E-state index in [-0.39, 0.29) is 0 Å². The molecule has 0 aliphatic heterocycles. The van der Waals surface area contributed by atoms with Crippen LogP contribution in [0.3, 0.4) is 0 Å². The molecule has 1 N–H and O–H groups in total. The van der Waals surface area contributed by atoms with Crippen LogP contribution in [0.25, 0.3) is 0 Å². The molecule has 2 unspecified atom stereocenters. The number of benzene rings is 1. The summed E-state index contributed by atoms with van der Waals surface area (Å²) >= 11 is 0. The van der Waals surface area contributed by atoms with Gasteiger partial charge in [-0.3, -0.25) is 0 Å². The zero-order valence-electron chi connectivity index (χ0n) is 10.8. The number of halogens is 2. The molecule has 0 bridgehead atoms. The van der Waals surface area contributed by atoms with Crippen molar-refractivity contribution in [2.24, 2.45) is 5.92 Å². The standard InChI is InChI=1S/C14H20F2O2/c1-3-4-9-18-12-7-5-11(6-8-12)13(17)10(2)14(15)16/h5-8,10,13-14,17H,3-4,9H2,1-2H3. The van der Waals surface area contributed by atoms with Gasteiger partial charge < -0.3 is 9.84 Å². The highest BCUT2D eigenvalue weighted by Crippen LogP contribution is 2.27. The van der Waals surface area contributed by atoms with Crippen LogP contribution in [0.1, 0.15) is 38.4 Å². The number of hydrogen-bond donors (Lipinski definition) is 1. The third kappa shape index (κ3) is 4.26. The van der Waals surface area contributed by atoms with Crippen LogP contribution < -0.4 is 4.74 Å². The Labute approximate surface area is 107 Å². The van der Waals surface area contributed by atoms with Crippen LogP contribution in [0.2, 0.25) is 0 Å². The van der Waals surface area contributed by atoms with Crippen molar-refractivity contribution >= 4 is 0 Å². The summed E-state index contributed by atoms with van der Waals surface area (Å²) < 4.78 is 30.4. The number of aliphatic hydroxyl groups is 1. The van der Waals surface area contributed by atoms with E-state index in [0.717, 1.165) is 12.8 Å². The first kappa shape index (κ1) is 14.9. The Morgan fingerprint density at radius 2 is 1.83 bits per heavy atom. The fourth-order valence-corrected chi connectivity index (χ4v) is 1.54. The molecule has 0 saturated carbocycles. The maximum Gasteiger partial charge on any atom is 0.243 e. The van der Waals surface area contributed by atoms with Crippen molar-refractivity contribution < 1.29 is 18.6 Å². The topological polar surface area (TPSA) is 29.5 Å². The molecule has 1 aromatic carbocycles. The molecular formula is C14H20F2O2. The van der Waals surface area contributed by atoms with Crippen LogP contribution in [-0.4, -0.2) is 18.1 Å². The van der Waals surface area contributed by atoms with Gasteiger partial charge >= 0.3 is 0 Å². The van der Waals surface area contributed by atoms with Crippen molar-refractivity contribution in [1.29, 1.82) is 0 Å². The van der Waals surface area contributed by atoms with E-state index >= 15 is 0 Å². The highest BCUT2D eigenvalue weighted by Gasteiger charge is 2.24. The van der Waals surface area contributed by atoms with Gasteiger partial charge in [-0.05, 0) is 24.1 Å². The fourth-order valence-electron chi connectivity index (χ4n) is 1.54. The molecule has 102 valence electrons. The van der Waals surface area contributed by atoms with Crippen LogP contribution in [0, 0.1) is 5.92 Å². The summed E-state index contributed by atoms with van der Waals surface area (Å²) in [6.45, 7) is 4.06. The molecule has 0 saturated heterocycles. The van der Waals surface area contributed by atoms with Gasteiger partial charge in [0, 0.05) is 5.92 Å². The predicted molar refractivity (Wildman–Crippen MR) is 67.0 cm³/mol. The summed E-state index contributed by atoms with van der Waals surface area (Å²) in [4.78, 5) is 0. The minimum atomic E-state index is -2.53. The molecule has 1 rings (SSSR count). The number of hydrogen-bond acceptors (Lipinski definition) is 2. The molecule has 18 heavy (non-hydrogen) atoms. The number of rotatable bonds is 7. The van der Waals surface area contributed by atoms with Gasteiger partial charge in [0.15, 0.2) is 0 Å². The SMILES string of the molecule is CCCCOc1ccc(C(O)C(C)C(F)F)cc1. The van der Waals surface area contributed by atoms with Gasteiger partial charge in [0.2, 0.25) is 6.43 Å². The third-order valence-electron chi connectivity index (χ3n) is 2.88. The molecule has 2 atom stereocenters. The lowest BCUT2D eigenvalue weighted by Crippen LogP contribution is -2.16. The van der Waals surface area contributed by atoms with Crippen LogP contribution >= 0.6 is 0 Å². The van der Waals surface area contributed by atoms with Crippen LogP contribution in [0.4, 0.5) is 8.78 Å².